The van der Waals surface area contributed by atoms with Gasteiger partial charge in [-0.25, -0.2) is 4.99 Å². The number of carbonyl (C=O) groups is 1. The highest BCUT2D eigenvalue weighted by atomic mass is 35.5. The van der Waals surface area contributed by atoms with Crippen molar-refractivity contribution in [3.8, 4) is 0 Å². The van der Waals surface area contributed by atoms with Crippen molar-refractivity contribution in [2.24, 2.45) is 4.99 Å². The minimum Gasteiger partial charge on any atom is -0.300 e. The molecule has 0 unspecified atom stereocenters. The first-order valence-corrected chi connectivity index (χ1v) is 8.36. The van der Waals surface area contributed by atoms with Gasteiger partial charge in [-0.1, -0.05) is 35.3 Å². The Morgan fingerprint density at radius 3 is 2.81 bits per heavy atom. The second kappa shape index (κ2) is 6.23. The monoisotopic (exact) mass is 354 g/mol. The summed E-state index contributed by atoms with van der Waals surface area (Å²) in [5.41, 5.74) is 0.532. The fraction of sp³-hybridized carbons (Fsp3) is 0. The van der Waals surface area contributed by atoms with Crippen molar-refractivity contribution in [3.63, 3.8) is 0 Å². The molecular formula is C14H8Cl2N2OS2. The number of thiophene rings is 1. The Morgan fingerprint density at radius 1 is 1.19 bits per heavy atom. The van der Waals surface area contributed by atoms with Crippen molar-refractivity contribution in [2.45, 2.75) is 0 Å². The molecule has 7 heteroatoms. The summed E-state index contributed by atoms with van der Waals surface area (Å²) in [6.45, 7) is 0. The van der Waals surface area contributed by atoms with Gasteiger partial charge in [-0.2, -0.15) is 0 Å². The number of thioether (sulfide) groups is 1. The van der Waals surface area contributed by atoms with Crippen LogP contribution in [0.25, 0.3) is 6.08 Å². The molecule has 1 aliphatic rings. The van der Waals surface area contributed by atoms with Crippen molar-refractivity contribution in [3.05, 3.63) is 55.5 Å². The number of amides is 1. The number of hydrogen-bond donors (Lipinski definition) is 1. The molecule has 0 spiro atoms. The van der Waals surface area contributed by atoms with E-state index in [9.17, 15) is 4.79 Å². The van der Waals surface area contributed by atoms with Crippen molar-refractivity contribution < 1.29 is 4.79 Å². The fourth-order valence-corrected chi connectivity index (χ4v) is 3.57. The third-order valence-corrected chi connectivity index (χ3v) is 5.16. The Labute approximate surface area is 139 Å². The maximum absolute atomic E-state index is 11.9. The third kappa shape index (κ3) is 3.32. The quantitative estimate of drug-likeness (QED) is 0.775. The molecule has 2 aromatic rings. The average molecular weight is 355 g/mol. The minimum atomic E-state index is -0.162. The highest BCUT2D eigenvalue weighted by Gasteiger charge is 2.24. The molecule has 0 saturated carbocycles. The number of amidine groups is 1. The van der Waals surface area contributed by atoms with E-state index in [0.717, 1.165) is 4.88 Å². The second-order valence-electron chi connectivity index (χ2n) is 4.07. The molecule has 0 atom stereocenters. The van der Waals surface area contributed by atoms with Gasteiger partial charge in [-0.15, -0.1) is 11.3 Å². The normalized spacial score (nSPS) is 18.5. The van der Waals surface area contributed by atoms with Crippen LogP contribution in [0.1, 0.15) is 4.88 Å². The zero-order chi connectivity index (χ0) is 14.8. The second-order valence-corrected chi connectivity index (χ2v) is 6.87. The van der Waals surface area contributed by atoms with E-state index in [2.05, 4.69) is 10.3 Å². The summed E-state index contributed by atoms with van der Waals surface area (Å²) in [5, 5.41) is 5.98. The smallest absolute Gasteiger partial charge is 0.264 e. The van der Waals surface area contributed by atoms with Gasteiger partial charge in [0, 0.05) is 4.88 Å². The number of hydrogen-bond acceptors (Lipinski definition) is 4. The van der Waals surface area contributed by atoms with Gasteiger partial charge in [0.1, 0.15) is 0 Å². The van der Waals surface area contributed by atoms with Crippen LogP contribution in [0.5, 0.6) is 0 Å². The van der Waals surface area contributed by atoms with Gasteiger partial charge in [0.25, 0.3) is 5.91 Å². The van der Waals surface area contributed by atoms with Crippen molar-refractivity contribution in [1.82, 2.24) is 5.32 Å². The molecule has 2 heterocycles. The summed E-state index contributed by atoms with van der Waals surface area (Å²) < 4.78 is 0. The number of nitrogens with zero attached hydrogens (tertiary/aromatic N) is 1. The van der Waals surface area contributed by atoms with Gasteiger partial charge in [0.2, 0.25) is 0 Å². The predicted molar refractivity (Wildman–Crippen MR) is 91.6 cm³/mol. The molecule has 1 aliphatic heterocycles. The van der Waals surface area contributed by atoms with Crippen LogP contribution < -0.4 is 5.32 Å². The van der Waals surface area contributed by atoms with Crippen LogP contribution in [0.3, 0.4) is 0 Å². The van der Waals surface area contributed by atoms with Crippen LogP contribution in [0, 0.1) is 0 Å². The lowest BCUT2D eigenvalue weighted by molar-refractivity contribution is -0.115. The highest BCUT2D eigenvalue weighted by Crippen LogP contribution is 2.34. The van der Waals surface area contributed by atoms with E-state index in [1.54, 1.807) is 29.5 Å². The van der Waals surface area contributed by atoms with Crippen LogP contribution in [0.4, 0.5) is 5.69 Å². The van der Waals surface area contributed by atoms with Gasteiger partial charge < -0.3 is 5.32 Å². The van der Waals surface area contributed by atoms with E-state index in [4.69, 9.17) is 23.2 Å². The Morgan fingerprint density at radius 2 is 2.05 bits per heavy atom. The molecule has 3 rings (SSSR count). The first-order valence-electron chi connectivity index (χ1n) is 5.90. The summed E-state index contributed by atoms with van der Waals surface area (Å²) in [4.78, 5) is 17.9. The number of rotatable bonds is 2. The first-order chi connectivity index (χ1) is 10.1. The zero-order valence-corrected chi connectivity index (χ0v) is 13.6. The Balaban J connectivity index is 1.87. The van der Waals surface area contributed by atoms with Crippen LogP contribution in [-0.4, -0.2) is 11.1 Å². The van der Waals surface area contributed by atoms with Gasteiger partial charge in [0.05, 0.1) is 20.6 Å². The predicted octanol–water partition coefficient (Wildman–Crippen LogP) is 4.95. The summed E-state index contributed by atoms with van der Waals surface area (Å²) in [5.74, 6) is -0.162. The molecule has 106 valence electrons. The number of carbonyl (C=O) groups excluding carboxylic acids is 1. The third-order valence-electron chi connectivity index (χ3n) is 2.62. The van der Waals surface area contributed by atoms with E-state index in [1.807, 2.05) is 23.6 Å². The van der Waals surface area contributed by atoms with Crippen molar-refractivity contribution >= 4 is 69.1 Å². The van der Waals surface area contributed by atoms with Crippen LogP contribution in [0.15, 0.2) is 45.6 Å². The molecule has 0 bridgehead atoms. The lowest BCUT2D eigenvalue weighted by Gasteiger charge is -2.00. The lowest BCUT2D eigenvalue weighted by atomic mass is 10.3. The molecule has 0 radical (unpaired) electrons. The zero-order valence-electron chi connectivity index (χ0n) is 10.5. The van der Waals surface area contributed by atoms with E-state index < -0.39 is 0 Å². The summed E-state index contributed by atoms with van der Waals surface area (Å²) >= 11 is 14.9. The Kier molecular flexibility index (Phi) is 4.35. The van der Waals surface area contributed by atoms with Crippen LogP contribution in [-0.2, 0) is 4.79 Å². The largest absolute Gasteiger partial charge is 0.300 e. The molecule has 1 aromatic heterocycles. The number of nitrogens with one attached hydrogen (secondary N) is 1. The van der Waals surface area contributed by atoms with Gasteiger partial charge in [-0.3, -0.25) is 4.79 Å². The molecule has 21 heavy (non-hydrogen) atoms. The standard InChI is InChI=1S/C14H8Cl2N2OS2/c15-9-4-1-5-10(12(9)16)17-14-18-13(19)11(21-14)7-8-3-2-6-20-8/h1-7H,(H,17,18,19)/b11-7+. The topological polar surface area (TPSA) is 41.5 Å². The lowest BCUT2D eigenvalue weighted by Crippen LogP contribution is -2.19. The average Bonchev–Trinajstić information content (AvgIpc) is 3.07. The summed E-state index contributed by atoms with van der Waals surface area (Å²) in [6.07, 6.45) is 1.84. The minimum absolute atomic E-state index is 0.162. The fourth-order valence-electron chi connectivity index (χ4n) is 1.67. The van der Waals surface area contributed by atoms with Gasteiger partial charge >= 0.3 is 0 Å². The molecule has 1 aromatic carbocycles. The maximum Gasteiger partial charge on any atom is 0.264 e. The SMILES string of the molecule is O=C1NC(=Nc2cccc(Cl)c2Cl)S/C1=C/c1cccs1. The maximum atomic E-state index is 11.9. The van der Waals surface area contributed by atoms with E-state index in [0.29, 0.717) is 25.8 Å². The highest BCUT2D eigenvalue weighted by molar-refractivity contribution is 8.18. The number of benzene rings is 1. The number of aliphatic imine (C=N–C) groups is 1. The van der Waals surface area contributed by atoms with E-state index in [1.165, 1.54) is 11.8 Å². The molecule has 3 nitrogen and oxygen atoms in total. The first kappa shape index (κ1) is 14.7. The Hall–Kier alpha value is -1.27. The van der Waals surface area contributed by atoms with Gasteiger partial charge in [-0.05, 0) is 41.4 Å². The summed E-state index contributed by atoms with van der Waals surface area (Å²) in [7, 11) is 0. The molecule has 0 aliphatic carbocycles. The number of halogens is 2. The van der Waals surface area contributed by atoms with Crippen LogP contribution in [0.2, 0.25) is 10.0 Å². The molecule has 1 saturated heterocycles. The Bertz CT molecular complexity index is 754. The molecule has 1 fully saturated rings. The molecule has 1 amide bonds. The van der Waals surface area contributed by atoms with Gasteiger partial charge in [0.15, 0.2) is 5.17 Å². The van der Waals surface area contributed by atoms with E-state index >= 15 is 0 Å². The molecule has 1 N–H and O–H groups in total. The van der Waals surface area contributed by atoms with Crippen LogP contribution >= 0.6 is 46.3 Å². The molecular weight excluding hydrogens is 347 g/mol. The van der Waals surface area contributed by atoms with E-state index in [-0.39, 0.29) is 5.91 Å². The van der Waals surface area contributed by atoms with Crippen molar-refractivity contribution in [1.29, 1.82) is 0 Å². The summed E-state index contributed by atoms with van der Waals surface area (Å²) in [6, 6.07) is 9.09. The van der Waals surface area contributed by atoms with Crippen molar-refractivity contribution in [2.75, 3.05) is 0 Å².